The quantitative estimate of drug-likeness (QED) is 0.0905. The molecule has 16 nitrogen and oxygen atoms in total. The number of nitrogen functional groups attached to an aromatic ring is 1. The normalized spacial score (nSPS) is 14.0. The molecule has 2 heterocycles. The molecular weight excluding hydrogens is 614 g/mol. The van der Waals surface area contributed by atoms with E-state index in [1.807, 2.05) is 0 Å². The van der Waals surface area contributed by atoms with Gasteiger partial charge in [-0.3, -0.25) is 19.6 Å². The molecule has 0 unspecified atom stereocenters. The lowest BCUT2D eigenvalue weighted by Crippen LogP contribution is -2.47. The molecule has 222 valence electrons. The Labute approximate surface area is 240 Å². The highest BCUT2D eigenvalue weighted by atomic mass is 32.2. The van der Waals surface area contributed by atoms with Gasteiger partial charge >= 0.3 is 22.1 Å². The first-order chi connectivity index (χ1) is 20.0. The minimum absolute atomic E-state index is 0.188. The van der Waals surface area contributed by atoms with Crippen LogP contribution in [0.15, 0.2) is 56.7 Å². The van der Waals surface area contributed by atoms with Crippen molar-refractivity contribution in [3.05, 3.63) is 58.9 Å². The first-order valence-electron chi connectivity index (χ1n) is 11.8. The second kappa shape index (κ2) is 9.98. The summed E-state index contributed by atoms with van der Waals surface area (Å²) in [5.74, 6) is -5.21. The molecule has 6 N–H and O–H groups in total. The van der Waals surface area contributed by atoms with Crippen molar-refractivity contribution in [2.45, 2.75) is 22.6 Å². The van der Waals surface area contributed by atoms with Crippen molar-refractivity contribution in [1.82, 2.24) is 5.06 Å². The number of hydroxylamine groups is 2. The number of carbonyl (C=O) groups is 4. The number of carboxylic acids is 1. The van der Waals surface area contributed by atoms with Crippen molar-refractivity contribution in [1.29, 1.82) is 0 Å². The van der Waals surface area contributed by atoms with Crippen LogP contribution in [0, 0.1) is 0 Å². The molecule has 2 aliphatic heterocycles. The van der Waals surface area contributed by atoms with Gasteiger partial charge in [0.25, 0.3) is 11.8 Å². The van der Waals surface area contributed by atoms with Gasteiger partial charge in [0.15, 0.2) is 11.3 Å². The van der Waals surface area contributed by atoms with Crippen molar-refractivity contribution in [2.75, 3.05) is 5.73 Å². The van der Waals surface area contributed by atoms with Gasteiger partial charge < -0.3 is 24.6 Å². The summed E-state index contributed by atoms with van der Waals surface area (Å²) in [7, 11) is -10.6. The van der Waals surface area contributed by atoms with Crippen LogP contribution in [0.4, 0.5) is 5.69 Å². The van der Waals surface area contributed by atoms with E-state index in [0.717, 1.165) is 30.3 Å². The molecule has 43 heavy (non-hydrogen) atoms. The molecule has 2 amide bonds. The van der Waals surface area contributed by atoms with Crippen LogP contribution in [-0.4, -0.2) is 59.9 Å². The molecule has 2 aromatic carbocycles. The van der Waals surface area contributed by atoms with Gasteiger partial charge in [0.2, 0.25) is 10.3 Å². The molecule has 5 rings (SSSR count). The third-order valence-electron chi connectivity index (χ3n) is 6.47. The van der Waals surface area contributed by atoms with Gasteiger partial charge in [-0.2, -0.15) is 8.42 Å². The van der Waals surface area contributed by atoms with Crippen molar-refractivity contribution in [3.63, 3.8) is 0 Å². The topological polar surface area (TPSA) is 277 Å². The van der Waals surface area contributed by atoms with Gasteiger partial charge in [-0.1, -0.05) is 6.07 Å². The zero-order valence-corrected chi connectivity index (χ0v) is 22.9. The lowest BCUT2D eigenvalue weighted by Gasteiger charge is -2.21. The first kappa shape index (κ1) is 29.3. The number of rotatable bonds is 6. The fourth-order valence-electron chi connectivity index (χ4n) is 4.67. The van der Waals surface area contributed by atoms with E-state index in [-0.39, 0.29) is 40.0 Å². The van der Waals surface area contributed by atoms with Gasteiger partial charge in [0.05, 0.1) is 16.8 Å². The van der Waals surface area contributed by atoms with Crippen molar-refractivity contribution >= 4 is 60.6 Å². The number of carboxylic acid groups (broad SMARTS) is 1. The Hall–Kier alpha value is -5.17. The van der Waals surface area contributed by atoms with Crippen LogP contribution in [0.25, 0.3) is 33.4 Å². The van der Waals surface area contributed by atoms with Crippen molar-refractivity contribution in [2.24, 2.45) is 0 Å². The number of imide groups is 1. The maximum atomic E-state index is 12.7. The minimum Gasteiger partial charge on any atom is -0.744 e. The number of amides is 2. The standard InChI is InChI=1S/C25H17N3O13S2/c26-15-5-3-12-19(11-2-1-10(9-14(11)24(31)32)25(33)41-28-17(29)7-8-18(28)30)13-4-6-16(27)23(43(37,38)39)21(13)40-20(12)22(15)42(34,35)36/h1-6,9,26H,7-8,27H2,(H,31,32)(H,34,35,36)(H,37,38,39). The summed E-state index contributed by atoms with van der Waals surface area (Å²) in [6, 6.07) is 7.41. The van der Waals surface area contributed by atoms with Crippen LogP contribution >= 0.6 is 0 Å². The Kier molecular flexibility index (Phi) is 6.81. The Bertz CT molecular complexity index is 2170. The predicted molar refractivity (Wildman–Crippen MR) is 139 cm³/mol. The summed E-state index contributed by atoms with van der Waals surface area (Å²) in [6.07, 6.45) is -0.376. The van der Waals surface area contributed by atoms with E-state index in [4.69, 9.17) is 20.4 Å². The second-order valence-corrected chi connectivity index (χ2v) is 11.8. The van der Waals surface area contributed by atoms with E-state index in [1.165, 1.54) is 12.1 Å². The summed E-state index contributed by atoms with van der Waals surface area (Å²) < 4.78 is 76.7. The van der Waals surface area contributed by atoms with Gasteiger partial charge in [-0.15, -0.1) is 5.06 Å². The Morgan fingerprint density at radius 2 is 1.60 bits per heavy atom. The summed E-state index contributed by atoms with van der Waals surface area (Å²) >= 11 is 0. The van der Waals surface area contributed by atoms with Crippen LogP contribution in [0.1, 0.15) is 33.6 Å². The van der Waals surface area contributed by atoms with E-state index >= 15 is 0 Å². The number of nitrogens with two attached hydrogens (primary N) is 2. The van der Waals surface area contributed by atoms with E-state index < -0.39 is 87.3 Å². The monoisotopic (exact) mass is 631 g/mol. The van der Waals surface area contributed by atoms with Crippen molar-refractivity contribution < 1.29 is 64.9 Å². The molecule has 3 aliphatic rings. The SMILES string of the molecule is Nc1ccc2c(-c3ccc(C(=O)ON4C(=O)CCC4=O)cc3C(=O)O)c3ccc(=[NH2+])c(S(=O)(=O)O)c-3oc2c1S(=O)(=O)[O-]. The second-order valence-electron chi connectivity index (χ2n) is 9.15. The number of hydrogen-bond acceptors (Lipinski definition) is 12. The molecule has 0 bridgehead atoms. The number of aromatic carboxylic acids is 1. The smallest absolute Gasteiger partial charge is 0.363 e. The lowest BCUT2D eigenvalue weighted by molar-refractivity contribution is -0.176. The molecule has 0 saturated carbocycles. The summed E-state index contributed by atoms with van der Waals surface area (Å²) in [5, 5.41) is 15.4. The molecule has 1 fully saturated rings. The van der Waals surface area contributed by atoms with Crippen LogP contribution in [0.3, 0.4) is 0 Å². The highest BCUT2D eigenvalue weighted by Crippen LogP contribution is 2.45. The molecule has 0 atom stereocenters. The average Bonchev–Trinajstić information content (AvgIpc) is 3.21. The zero-order chi connectivity index (χ0) is 31.6. The van der Waals surface area contributed by atoms with E-state index in [0.29, 0.717) is 0 Å². The highest BCUT2D eigenvalue weighted by molar-refractivity contribution is 7.86. The third kappa shape index (κ3) is 4.97. The molecule has 1 aliphatic carbocycles. The third-order valence-corrected chi connectivity index (χ3v) is 8.33. The van der Waals surface area contributed by atoms with Crippen LogP contribution in [0.2, 0.25) is 0 Å². The molecule has 0 aromatic heterocycles. The number of nitrogens with zero attached hydrogens (tertiary/aromatic N) is 1. The van der Waals surface area contributed by atoms with E-state index in [1.54, 1.807) is 0 Å². The Morgan fingerprint density at radius 3 is 2.19 bits per heavy atom. The number of carbonyl (C=O) groups excluding carboxylic acids is 3. The van der Waals surface area contributed by atoms with Crippen LogP contribution in [-0.2, 0) is 34.7 Å². The maximum Gasteiger partial charge on any atom is 0.363 e. The lowest BCUT2D eigenvalue weighted by atomic mass is 9.89. The number of benzene rings is 3. The van der Waals surface area contributed by atoms with E-state index in [9.17, 15) is 50.2 Å². The minimum atomic E-state index is -5.40. The summed E-state index contributed by atoms with van der Waals surface area (Å²) in [6.45, 7) is 0. The zero-order valence-electron chi connectivity index (χ0n) is 21.3. The molecule has 2 aromatic rings. The molecule has 0 spiro atoms. The van der Waals surface area contributed by atoms with Crippen LogP contribution in [0.5, 0.6) is 0 Å². The fraction of sp³-hybridized carbons (Fsp3) is 0.0800. The largest absolute Gasteiger partial charge is 0.744 e. The van der Waals surface area contributed by atoms with Gasteiger partial charge in [0.1, 0.15) is 15.0 Å². The number of fused-ring (bicyclic) bond motifs is 2. The molecule has 18 heteroatoms. The Morgan fingerprint density at radius 1 is 0.977 bits per heavy atom. The molecule has 0 radical (unpaired) electrons. The van der Waals surface area contributed by atoms with E-state index in [2.05, 4.69) is 0 Å². The summed E-state index contributed by atoms with van der Waals surface area (Å²) in [5.41, 5.74) is 2.66. The first-order valence-corrected chi connectivity index (χ1v) is 14.6. The van der Waals surface area contributed by atoms with Gasteiger partial charge in [-0.05, 0) is 35.9 Å². The average molecular weight is 632 g/mol. The number of hydrogen-bond donors (Lipinski definition) is 4. The molecule has 1 saturated heterocycles. The number of anilines is 1. The van der Waals surface area contributed by atoms with Crippen molar-refractivity contribution in [3.8, 4) is 22.5 Å². The molecular formula is C25H17N3O13S2. The predicted octanol–water partition coefficient (Wildman–Crippen LogP) is -0.484. The van der Waals surface area contributed by atoms with Crippen LogP contribution < -0.4 is 16.5 Å². The maximum absolute atomic E-state index is 12.7. The van der Waals surface area contributed by atoms with Gasteiger partial charge in [-0.25, -0.2) is 18.0 Å². The Balaban J connectivity index is 1.86. The summed E-state index contributed by atoms with van der Waals surface area (Å²) in [4.78, 5) is 51.6. The fourth-order valence-corrected chi connectivity index (χ4v) is 6.16. The highest BCUT2D eigenvalue weighted by Gasteiger charge is 2.35. The van der Waals surface area contributed by atoms with Gasteiger partial charge in [0, 0.05) is 35.4 Å².